The molecule has 0 unspecified atom stereocenters. The molecule has 1 aromatic heterocycles. The standard InChI is InChI=1S/C16H14N2O3/c17-18-16(19)14-7-8-20-15(14)10-21-13-6-5-11-3-1-2-4-12(11)9-13/h1-9H,10,17H2,(H,18,19). The Kier molecular flexibility index (Phi) is 3.57. The van der Waals surface area contributed by atoms with Gasteiger partial charge in [0.05, 0.1) is 11.8 Å². The van der Waals surface area contributed by atoms with Crippen molar-refractivity contribution >= 4 is 16.7 Å². The van der Waals surface area contributed by atoms with Crippen molar-refractivity contribution < 1.29 is 13.9 Å². The van der Waals surface area contributed by atoms with Gasteiger partial charge in [-0.25, -0.2) is 5.84 Å². The molecule has 0 aliphatic carbocycles. The van der Waals surface area contributed by atoms with E-state index in [1.807, 2.05) is 42.5 Å². The van der Waals surface area contributed by atoms with Crippen LogP contribution in [0, 0.1) is 0 Å². The third kappa shape index (κ3) is 2.73. The molecule has 3 rings (SSSR count). The normalized spacial score (nSPS) is 10.5. The molecule has 21 heavy (non-hydrogen) atoms. The van der Waals surface area contributed by atoms with Crippen LogP contribution in [0.25, 0.3) is 10.8 Å². The summed E-state index contributed by atoms with van der Waals surface area (Å²) in [5.74, 6) is 5.87. The number of hydrazine groups is 1. The zero-order valence-corrected chi connectivity index (χ0v) is 11.2. The van der Waals surface area contributed by atoms with E-state index in [1.54, 1.807) is 6.07 Å². The number of carbonyl (C=O) groups is 1. The van der Waals surface area contributed by atoms with Crippen LogP contribution >= 0.6 is 0 Å². The number of hydrogen-bond donors (Lipinski definition) is 2. The summed E-state index contributed by atoms with van der Waals surface area (Å²) in [6.45, 7) is 0.161. The second kappa shape index (κ2) is 5.68. The maximum Gasteiger partial charge on any atom is 0.268 e. The van der Waals surface area contributed by atoms with Crippen molar-refractivity contribution in [2.24, 2.45) is 5.84 Å². The average Bonchev–Trinajstić information content (AvgIpc) is 3.00. The van der Waals surface area contributed by atoms with E-state index in [-0.39, 0.29) is 6.61 Å². The molecular formula is C16H14N2O3. The van der Waals surface area contributed by atoms with Crippen LogP contribution in [0.1, 0.15) is 16.1 Å². The molecule has 1 amide bonds. The number of nitrogens with one attached hydrogen (secondary N) is 1. The van der Waals surface area contributed by atoms with Gasteiger partial charge in [-0.05, 0) is 29.0 Å². The third-order valence-corrected chi connectivity index (χ3v) is 3.21. The quantitative estimate of drug-likeness (QED) is 0.438. The van der Waals surface area contributed by atoms with Gasteiger partial charge < -0.3 is 9.15 Å². The number of furan rings is 1. The van der Waals surface area contributed by atoms with Gasteiger partial charge in [0.15, 0.2) is 5.76 Å². The van der Waals surface area contributed by atoms with E-state index in [0.717, 1.165) is 10.8 Å². The smallest absolute Gasteiger partial charge is 0.268 e. The molecule has 5 nitrogen and oxygen atoms in total. The maximum atomic E-state index is 11.5. The molecule has 1 heterocycles. The molecule has 5 heteroatoms. The monoisotopic (exact) mass is 282 g/mol. The lowest BCUT2D eigenvalue weighted by atomic mass is 10.1. The van der Waals surface area contributed by atoms with Crippen LogP contribution < -0.4 is 16.0 Å². The summed E-state index contributed by atoms with van der Waals surface area (Å²) < 4.78 is 10.9. The van der Waals surface area contributed by atoms with Crippen molar-refractivity contribution in [1.82, 2.24) is 5.43 Å². The number of benzene rings is 2. The van der Waals surface area contributed by atoms with E-state index in [2.05, 4.69) is 5.43 Å². The Bertz CT molecular complexity index is 780. The summed E-state index contributed by atoms with van der Waals surface area (Å²) in [7, 11) is 0. The van der Waals surface area contributed by atoms with E-state index in [0.29, 0.717) is 17.1 Å². The van der Waals surface area contributed by atoms with Gasteiger partial charge in [-0.1, -0.05) is 30.3 Å². The van der Waals surface area contributed by atoms with Gasteiger partial charge in [0.25, 0.3) is 5.91 Å². The molecule has 0 aliphatic heterocycles. The Balaban J connectivity index is 1.77. The van der Waals surface area contributed by atoms with Gasteiger partial charge in [-0.2, -0.15) is 0 Å². The second-order valence-electron chi connectivity index (χ2n) is 4.53. The lowest BCUT2D eigenvalue weighted by Crippen LogP contribution is -2.30. The van der Waals surface area contributed by atoms with E-state index in [1.165, 1.54) is 6.26 Å². The molecule has 0 radical (unpaired) electrons. The van der Waals surface area contributed by atoms with E-state index in [9.17, 15) is 4.79 Å². The minimum atomic E-state index is -0.402. The average molecular weight is 282 g/mol. The molecule has 106 valence electrons. The SMILES string of the molecule is NNC(=O)c1ccoc1COc1ccc2ccccc2c1. The number of hydrogen-bond acceptors (Lipinski definition) is 4. The lowest BCUT2D eigenvalue weighted by molar-refractivity contribution is 0.0949. The fraction of sp³-hybridized carbons (Fsp3) is 0.0625. The van der Waals surface area contributed by atoms with Gasteiger partial charge in [-0.15, -0.1) is 0 Å². The molecule has 0 aliphatic rings. The Hall–Kier alpha value is -2.79. The highest BCUT2D eigenvalue weighted by Crippen LogP contribution is 2.22. The summed E-state index contributed by atoms with van der Waals surface area (Å²) in [6.07, 6.45) is 1.43. The molecule has 0 saturated heterocycles. The Labute approximate surface area is 121 Å². The first kappa shape index (κ1) is 13.2. The predicted octanol–water partition coefficient (Wildman–Crippen LogP) is 2.62. The van der Waals surface area contributed by atoms with Crippen molar-refractivity contribution in [3.8, 4) is 5.75 Å². The van der Waals surface area contributed by atoms with Gasteiger partial charge in [0, 0.05) is 0 Å². The van der Waals surface area contributed by atoms with E-state index >= 15 is 0 Å². The molecular weight excluding hydrogens is 268 g/mol. The molecule has 0 bridgehead atoms. The number of nitrogen functional groups attached to an aromatic ring is 1. The summed E-state index contributed by atoms with van der Waals surface area (Å²) in [5.41, 5.74) is 2.45. The fourth-order valence-electron chi connectivity index (χ4n) is 2.14. The Morgan fingerprint density at radius 3 is 2.76 bits per heavy atom. The van der Waals surface area contributed by atoms with Crippen LogP contribution in [-0.2, 0) is 6.61 Å². The molecule has 0 saturated carbocycles. The Morgan fingerprint density at radius 2 is 1.95 bits per heavy atom. The van der Waals surface area contributed by atoms with E-state index < -0.39 is 5.91 Å². The highest BCUT2D eigenvalue weighted by Gasteiger charge is 2.14. The van der Waals surface area contributed by atoms with Crippen LogP contribution in [0.15, 0.2) is 59.2 Å². The topological polar surface area (TPSA) is 77.5 Å². The minimum Gasteiger partial charge on any atom is -0.486 e. The summed E-state index contributed by atoms with van der Waals surface area (Å²) in [4.78, 5) is 11.5. The highest BCUT2D eigenvalue weighted by atomic mass is 16.5. The van der Waals surface area contributed by atoms with Gasteiger partial charge in [0.1, 0.15) is 12.4 Å². The van der Waals surface area contributed by atoms with Crippen molar-refractivity contribution in [2.75, 3.05) is 0 Å². The number of fused-ring (bicyclic) bond motifs is 1. The van der Waals surface area contributed by atoms with Crippen LogP contribution in [0.5, 0.6) is 5.75 Å². The number of nitrogens with two attached hydrogens (primary N) is 1. The number of rotatable bonds is 4. The third-order valence-electron chi connectivity index (χ3n) is 3.21. The van der Waals surface area contributed by atoms with E-state index in [4.69, 9.17) is 15.0 Å². The maximum absolute atomic E-state index is 11.5. The largest absolute Gasteiger partial charge is 0.486 e. The minimum absolute atomic E-state index is 0.161. The summed E-state index contributed by atoms with van der Waals surface area (Å²) in [5, 5.41) is 2.24. The first-order valence-corrected chi connectivity index (χ1v) is 6.47. The molecule has 3 aromatic rings. The molecule has 0 spiro atoms. The van der Waals surface area contributed by atoms with Crippen molar-refractivity contribution in [3.05, 3.63) is 66.1 Å². The zero-order valence-electron chi connectivity index (χ0n) is 11.2. The molecule has 0 atom stereocenters. The second-order valence-corrected chi connectivity index (χ2v) is 4.53. The number of amides is 1. The Morgan fingerprint density at radius 1 is 1.14 bits per heavy atom. The summed E-state index contributed by atoms with van der Waals surface area (Å²) >= 11 is 0. The summed E-state index contributed by atoms with van der Waals surface area (Å²) in [6, 6.07) is 15.4. The molecule has 2 aromatic carbocycles. The van der Waals surface area contributed by atoms with Gasteiger partial charge in [-0.3, -0.25) is 10.2 Å². The highest BCUT2D eigenvalue weighted by molar-refractivity contribution is 5.94. The molecule has 3 N–H and O–H groups in total. The van der Waals surface area contributed by atoms with Crippen LogP contribution in [0.3, 0.4) is 0 Å². The zero-order chi connectivity index (χ0) is 14.7. The first-order valence-electron chi connectivity index (χ1n) is 6.47. The van der Waals surface area contributed by atoms with Crippen molar-refractivity contribution in [3.63, 3.8) is 0 Å². The lowest BCUT2D eigenvalue weighted by Gasteiger charge is -2.07. The molecule has 0 fully saturated rings. The van der Waals surface area contributed by atoms with Crippen molar-refractivity contribution in [2.45, 2.75) is 6.61 Å². The van der Waals surface area contributed by atoms with Crippen LogP contribution in [0.4, 0.5) is 0 Å². The van der Waals surface area contributed by atoms with Crippen LogP contribution in [-0.4, -0.2) is 5.91 Å². The fourth-order valence-corrected chi connectivity index (χ4v) is 2.14. The van der Waals surface area contributed by atoms with Gasteiger partial charge in [0.2, 0.25) is 0 Å². The van der Waals surface area contributed by atoms with Gasteiger partial charge >= 0.3 is 0 Å². The van der Waals surface area contributed by atoms with Crippen molar-refractivity contribution in [1.29, 1.82) is 0 Å². The number of ether oxygens (including phenoxy) is 1. The first-order chi connectivity index (χ1) is 10.3. The number of carbonyl (C=O) groups excluding carboxylic acids is 1. The predicted molar refractivity (Wildman–Crippen MR) is 78.6 cm³/mol. The van der Waals surface area contributed by atoms with Crippen LogP contribution in [0.2, 0.25) is 0 Å².